The minimum Gasteiger partial charge on any atom is -0.491 e. The van der Waals surface area contributed by atoms with Crippen LogP contribution in [0.1, 0.15) is 19.3 Å². The highest BCUT2D eigenvalue weighted by Crippen LogP contribution is 2.20. The zero-order valence-electron chi connectivity index (χ0n) is 12.7. The molecule has 0 saturated carbocycles. The van der Waals surface area contributed by atoms with Crippen LogP contribution in [-0.4, -0.2) is 56.2 Å². The van der Waals surface area contributed by atoms with Crippen molar-refractivity contribution in [3.8, 4) is 5.75 Å². The van der Waals surface area contributed by atoms with Crippen LogP contribution in [0.5, 0.6) is 5.75 Å². The minimum absolute atomic E-state index is 0.716. The van der Waals surface area contributed by atoms with Gasteiger partial charge in [0.15, 0.2) is 0 Å². The van der Waals surface area contributed by atoms with Gasteiger partial charge in [0, 0.05) is 19.1 Å². The van der Waals surface area contributed by atoms with E-state index in [9.17, 15) is 0 Å². The Balaban J connectivity index is 1.62. The molecule has 0 radical (unpaired) electrons. The van der Waals surface area contributed by atoms with Crippen molar-refractivity contribution in [3.63, 3.8) is 0 Å². The van der Waals surface area contributed by atoms with Crippen molar-refractivity contribution in [2.45, 2.75) is 25.3 Å². The topological polar surface area (TPSA) is 41.7 Å². The van der Waals surface area contributed by atoms with Crippen molar-refractivity contribution < 1.29 is 4.74 Å². The van der Waals surface area contributed by atoms with Gasteiger partial charge < -0.3 is 20.3 Å². The molecule has 0 spiro atoms. The molecule has 1 saturated heterocycles. The molecule has 2 rings (SSSR count). The van der Waals surface area contributed by atoms with Crippen LogP contribution in [0.25, 0.3) is 0 Å². The molecule has 1 aromatic rings. The van der Waals surface area contributed by atoms with Gasteiger partial charge in [-0.15, -0.1) is 0 Å². The molecule has 1 heterocycles. The highest BCUT2D eigenvalue weighted by atomic mass is 16.5. The van der Waals surface area contributed by atoms with Crippen LogP contribution in [0, 0.1) is 0 Å². The third-order valence-corrected chi connectivity index (χ3v) is 4.05. The summed E-state index contributed by atoms with van der Waals surface area (Å²) in [5.74, 6) is 0.797. The van der Waals surface area contributed by atoms with Gasteiger partial charge in [0.1, 0.15) is 5.75 Å². The number of nitrogen functional groups attached to an aromatic ring is 1. The number of likely N-dealkylation sites (N-methyl/N-ethyl adjacent to an activating group) is 2. The lowest BCUT2D eigenvalue weighted by Crippen LogP contribution is -2.37. The summed E-state index contributed by atoms with van der Waals surface area (Å²) in [5.41, 5.74) is 6.56. The van der Waals surface area contributed by atoms with Gasteiger partial charge in [-0.3, -0.25) is 0 Å². The molecule has 4 heteroatoms. The Morgan fingerprint density at radius 3 is 2.90 bits per heavy atom. The van der Waals surface area contributed by atoms with Crippen LogP contribution in [-0.2, 0) is 0 Å². The Morgan fingerprint density at radius 1 is 1.40 bits per heavy atom. The molecular formula is C16H27N3O. The highest BCUT2D eigenvalue weighted by Gasteiger charge is 2.21. The quantitative estimate of drug-likeness (QED) is 0.612. The Morgan fingerprint density at radius 2 is 2.20 bits per heavy atom. The average molecular weight is 277 g/mol. The monoisotopic (exact) mass is 277 g/mol. The maximum Gasteiger partial charge on any atom is 0.142 e. The Bertz CT molecular complexity index is 410. The fourth-order valence-electron chi connectivity index (χ4n) is 2.79. The number of likely N-dealkylation sites (tertiary alicyclic amines) is 1. The first-order valence-electron chi connectivity index (χ1n) is 7.53. The van der Waals surface area contributed by atoms with Gasteiger partial charge >= 0.3 is 0 Å². The van der Waals surface area contributed by atoms with Crippen LogP contribution < -0.4 is 10.5 Å². The van der Waals surface area contributed by atoms with Crippen molar-refractivity contribution >= 4 is 5.69 Å². The number of nitrogens with zero attached hydrogens (tertiary/aromatic N) is 2. The predicted octanol–water partition coefficient (Wildman–Crippen LogP) is 2.06. The maximum atomic E-state index is 5.85. The summed E-state index contributed by atoms with van der Waals surface area (Å²) in [5, 5.41) is 0. The van der Waals surface area contributed by atoms with Gasteiger partial charge in [0.05, 0.1) is 12.3 Å². The van der Waals surface area contributed by atoms with Gasteiger partial charge in [0.2, 0.25) is 0 Å². The summed E-state index contributed by atoms with van der Waals surface area (Å²) >= 11 is 0. The second-order valence-corrected chi connectivity index (χ2v) is 5.78. The summed E-state index contributed by atoms with van der Waals surface area (Å²) < 4.78 is 5.72. The lowest BCUT2D eigenvalue weighted by atomic mass is 10.2. The molecule has 0 bridgehead atoms. The van der Waals surface area contributed by atoms with Crippen LogP contribution in [0.3, 0.4) is 0 Å². The molecule has 1 unspecified atom stereocenters. The average Bonchev–Trinajstić information content (AvgIpc) is 2.82. The number of para-hydroxylation sites is 2. The minimum atomic E-state index is 0.716. The lowest BCUT2D eigenvalue weighted by molar-refractivity contribution is 0.206. The van der Waals surface area contributed by atoms with Gasteiger partial charge in [-0.1, -0.05) is 12.1 Å². The Hall–Kier alpha value is -1.26. The predicted molar refractivity (Wildman–Crippen MR) is 84.1 cm³/mol. The fourth-order valence-corrected chi connectivity index (χ4v) is 2.79. The van der Waals surface area contributed by atoms with E-state index in [1.54, 1.807) is 0 Å². The third kappa shape index (κ3) is 4.39. The van der Waals surface area contributed by atoms with E-state index in [0.29, 0.717) is 5.69 Å². The van der Waals surface area contributed by atoms with Crippen LogP contribution >= 0.6 is 0 Å². The number of rotatable bonds is 7. The molecule has 4 nitrogen and oxygen atoms in total. The van der Waals surface area contributed by atoms with Crippen LogP contribution in [0.15, 0.2) is 24.3 Å². The molecule has 20 heavy (non-hydrogen) atoms. The second kappa shape index (κ2) is 7.50. The number of hydrogen-bond donors (Lipinski definition) is 1. The van der Waals surface area contributed by atoms with E-state index in [1.165, 1.54) is 19.4 Å². The highest BCUT2D eigenvalue weighted by molar-refractivity contribution is 5.51. The molecule has 112 valence electrons. The first kappa shape index (κ1) is 15.1. The van der Waals surface area contributed by atoms with E-state index >= 15 is 0 Å². The smallest absolute Gasteiger partial charge is 0.142 e. The van der Waals surface area contributed by atoms with E-state index in [0.717, 1.165) is 37.9 Å². The van der Waals surface area contributed by atoms with Gasteiger partial charge in [0.25, 0.3) is 0 Å². The summed E-state index contributed by atoms with van der Waals surface area (Å²) in [4.78, 5) is 4.88. The van der Waals surface area contributed by atoms with Crippen LogP contribution in [0.4, 0.5) is 5.69 Å². The summed E-state index contributed by atoms with van der Waals surface area (Å²) in [7, 11) is 4.43. The number of ether oxygens (including phenoxy) is 1. The van der Waals surface area contributed by atoms with Gasteiger partial charge in [-0.05, 0) is 52.0 Å². The molecule has 0 amide bonds. The van der Waals surface area contributed by atoms with Crippen molar-refractivity contribution in [1.29, 1.82) is 0 Å². The normalized spacial score (nSPS) is 19.6. The molecule has 0 aromatic heterocycles. The van der Waals surface area contributed by atoms with Gasteiger partial charge in [-0.25, -0.2) is 0 Å². The lowest BCUT2D eigenvalue weighted by Gasteiger charge is -2.25. The molecule has 1 fully saturated rings. The molecule has 1 atom stereocenters. The summed E-state index contributed by atoms with van der Waals surface area (Å²) in [6.07, 6.45) is 3.70. The number of anilines is 1. The molecule has 0 aliphatic carbocycles. The zero-order valence-corrected chi connectivity index (χ0v) is 12.7. The molecule has 1 aromatic carbocycles. The largest absolute Gasteiger partial charge is 0.491 e. The third-order valence-electron chi connectivity index (χ3n) is 4.05. The SMILES string of the molecule is CN(CCCOc1ccccc1N)CC1CCCN1C. The second-order valence-electron chi connectivity index (χ2n) is 5.78. The first-order valence-corrected chi connectivity index (χ1v) is 7.53. The maximum absolute atomic E-state index is 5.85. The van der Waals surface area contributed by atoms with Crippen molar-refractivity contribution in [2.24, 2.45) is 0 Å². The van der Waals surface area contributed by atoms with Crippen molar-refractivity contribution in [1.82, 2.24) is 9.80 Å². The Labute approximate surface area is 122 Å². The molecule has 2 N–H and O–H groups in total. The molecule has 1 aliphatic rings. The number of benzene rings is 1. The Kier molecular flexibility index (Phi) is 5.68. The van der Waals surface area contributed by atoms with Crippen LogP contribution in [0.2, 0.25) is 0 Å². The van der Waals surface area contributed by atoms with E-state index in [2.05, 4.69) is 23.9 Å². The molecule has 1 aliphatic heterocycles. The standard InChI is InChI=1S/C16H27N3O/c1-18(13-14-7-5-11-19(14)2)10-6-12-20-16-9-4-3-8-15(16)17/h3-4,8-9,14H,5-7,10-13,17H2,1-2H3. The zero-order chi connectivity index (χ0) is 14.4. The van der Waals surface area contributed by atoms with E-state index < -0.39 is 0 Å². The first-order chi connectivity index (χ1) is 9.66. The molecular weight excluding hydrogens is 250 g/mol. The summed E-state index contributed by atoms with van der Waals surface area (Å²) in [6.45, 7) is 4.19. The fraction of sp³-hybridized carbons (Fsp3) is 0.625. The van der Waals surface area contributed by atoms with E-state index in [4.69, 9.17) is 10.5 Å². The van der Waals surface area contributed by atoms with E-state index in [1.807, 2.05) is 24.3 Å². The van der Waals surface area contributed by atoms with Crippen molar-refractivity contribution in [2.75, 3.05) is 46.1 Å². The van der Waals surface area contributed by atoms with Gasteiger partial charge in [-0.2, -0.15) is 0 Å². The number of hydrogen-bond acceptors (Lipinski definition) is 4. The number of nitrogens with two attached hydrogens (primary N) is 1. The summed E-state index contributed by atoms with van der Waals surface area (Å²) in [6, 6.07) is 8.40. The van der Waals surface area contributed by atoms with Crippen molar-refractivity contribution in [3.05, 3.63) is 24.3 Å². The van der Waals surface area contributed by atoms with E-state index in [-0.39, 0.29) is 0 Å².